The maximum atomic E-state index is 11.7. The third-order valence-corrected chi connectivity index (χ3v) is 2.65. The molecule has 5 nitrogen and oxygen atoms in total. The van der Waals surface area contributed by atoms with Gasteiger partial charge in [0.1, 0.15) is 0 Å². The zero-order chi connectivity index (χ0) is 15.5. The number of esters is 1. The Labute approximate surface area is 125 Å². The first-order valence-electron chi connectivity index (χ1n) is 6.88. The number of carbonyl (C=O) groups is 2. The summed E-state index contributed by atoms with van der Waals surface area (Å²) in [5.41, 5.74) is 1.09. The first-order valence-corrected chi connectivity index (χ1v) is 6.88. The van der Waals surface area contributed by atoms with E-state index in [-0.39, 0.29) is 18.4 Å². The van der Waals surface area contributed by atoms with Gasteiger partial charge in [-0.3, -0.25) is 10.1 Å². The molecular weight excluding hydrogens is 268 g/mol. The maximum Gasteiger partial charge on any atom is 0.338 e. The van der Waals surface area contributed by atoms with Crippen LogP contribution in [0, 0.1) is 12.3 Å². The molecule has 0 aliphatic carbocycles. The third-order valence-electron chi connectivity index (χ3n) is 2.65. The van der Waals surface area contributed by atoms with E-state index in [0.29, 0.717) is 24.4 Å². The van der Waals surface area contributed by atoms with E-state index in [2.05, 4.69) is 16.6 Å². The molecule has 0 saturated carbocycles. The normalized spacial score (nSPS) is 9.71. The van der Waals surface area contributed by atoms with E-state index in [0.717, 1.165) is 12.8 Å². The number of terminal acetylenes is 1. The highest BCUT2D eigenvalue weighted by Crippen LogP contribution is 2.10. The number of hydrogen-bond donors (Lipinski definition) is 2. The Morgan fingerprint density at radius 2 is 2.00 bits per heavy atom. The van der Waals surface area contributed by atoms with Gasteiger partial charge in [0.25, 0.3) is 0 Å². The summed E-state index contributed by atoms with van der Waals surface area (Å²) >= 11 is 0. The van der Waals surface area contributed by atoms with Crippen molar-refractivity contribution in [2.75, 3.05) is 25.0 Å². The monoisotopic (exact) mass is 288 g/mol. The van der Waals surface area contributed by atoms with Crippen LogP contribution < -0.4 is 10.6 Å². The van der Waals surface area contributed by atoms with Crippen molar-refractivity contribution in [2.24, 2.45) is 0 Å². The van der Waals surface area contributed by atoms with E-state index in [1.54, 1.807) is 24.3 Å². The SMILES string of the molecule is C#CCNCC(=O)Nc1ccc(C(=O)OCCCC)cc1. The Hall–Kier alpha value is -2.32. The van der Waals surface area contributed by atoms with Crippen molar-refractivity contribution in [1.82, 2.24) is 5.32 Å². The van der Waals surface area contributed by atoms with Crippen LogP contribution in [0.5, 0.6) is 0 Å². The lowest BCUT2D eigenvalue weighted by Gasteiger charge is -2.07. The fraction of sp³-hybridized carbons (Fsp3) is 0.375. The Bertz CT molecular complexity index is 503. The second kappa shape index (κ2) is 9.56. The number of hydrogen-bond acceptors (Lipinski definition) is 4. The number of ether oxygens (including phenoxy) is 1. The summed E-state index contributed by atoms with van der Waals surface area (Å²) in [7, 11) is 0. The summed E-state index contributed by atoms with van der Waals surface area (Å²) in [5, 5.41) is 5.49. The lowest BCUT2D eigenvalue weighted by atomic mass is 10.2. The van der Waals surface area contributed by atoms with Gasteiger partial charge in [-0.25, -0.2) is 4.79 Å². The molecule has 1 amide bonds. The molecule has 0 fully saturated rings. The number of amides is 1. The van der Waals surface area contributed by atoms with Crippen molar-refractivity contribution in [3.8, 4) is 12.3 Å². The van der Waals surface area contributed by atoms with Gasteiger partial charge in [0, 0.05) is 5.69 Å². The van der Waals surface area contributed by atoms with Crippen LogP contribution in [0.1, 0.15) is 30.1 Å². The molecule has 21 heavy (non-hydrogen) atoms. The van der Waals surface area contributed by atoms with Gasteiger partial charge < -0.3 is 10.1 Å². The summed E-state index contributed by atoms with van der Waals surface area (Å²) in [4.78, 5) is 23.2. The number of benzene rings is 1. The Morgan fingerprint density at radius 1 is 1.29 bits per heavy atom. The standard InChI is InChI=1S/C16H20N2O3/c1-3-5-11-21-16(20)13-6-8-14(9-7-13)18-15(19)12-17-10-4-2/h2,6-9,17H,3,5,10-12H2,1H3,(H,18,19). The molecule has 1 rings (SSSR count). The average molecular weight is 288 g/mol. The largest absolute Gasteiger partial charge is 0.462 e. The van der Waals surface area contributed by atoms with Gasteiger partial charge in [-0.2, -0.15) is 0 Å². The highest BCUT2D eigenvalue weighted by Gasteiger charge is 2.07. The van der Waals surface area contributed by atoms with Gasteiger partial charge in [-0.05, 0) is 30.7 Å². The van der Waals surface area contributed by atoms with Crippen LogP contribution in [0.25, 0.3) is 0 Å². The summed E-state index contributed by atoms with van der Waals surface area (Å²) in [6, 6.07) is 6.57. The zero-order valence-corrected chi connectivity index (χ0v) is 12.1. The average Bonchev–Trinajstić information content (AvgIpc) is 2.48. The Morgan fingerprint density at radius 3 is 2.62 bits per heavy atom. The number of carbonyl (C=O) groups excluding carboxylic acids is 2. The molecule has 5 heteroatoms. The summed E-state index contributed by atoms with van der Waals surface area (Å²) in [6.07, 6.45) is 6.90. The number of nitrogens with one attached hydrogen (secondary N) is 2. The summed E-state index contributed by atoms with van der Waals surface area (Å²) in [5.74, 6) is 1.84. The Balaban J connectivity index is 2.44. The number of rotatable bonds is 8. The zero-order valence-electron chi connectivity index (χ0n) is 12.1. The molecule has 1 aromatic rings. The number of anilines is 1. The molecule has 1 aromatic carbocycles. The molecule has 0 aliphatic rings. The molecule has 0 unspecified atom stereocenters. The van der Waals surface area contributed by atoms with Gasteiger partial charge in [-0.1, -0.05) is 19.3 Å². The van der Waals surface area contributed by atoms with Crippen LogP contribution in [-0.4, -0.2) is 31.6 Å². The van der Waals surface area contributed by atoms with E-state index in [4.69, 9.17) is 11.2 Å². The molecule has 112 valence electrons. The topological polar surface area (TPSA) is 67.4 Å². The van der Waals surface area contributed by atoms with E-state index in [1.165, 1.54) is 0 Å². The van der Waals surface area contributed by atoms with Gasteiger partial charge in [-0.15, -0.1) is 6.42 Å². The minimum absolute atomic E-state index is 0.144. The van der Waals surface area contributed by atoms with Crippen molar-refractivity contribution in [3.63, 3.8) is 0 Å². The van der Waals surface area contributed by atoms with Gasteiger partial charge in [0.15, 0.2) is 0 Å². The smallest absolute Gasteiger partial charge is 0.338 e. The molecular formula is C16H20N2O3. The van der Waals surface area contributed by atoms with Crippen LogP contribution in [0.2, 0.25) is 0 Å². The van der Waals surface area contributed by atoms with Crippen molar-refractivity contribution in [1.29, 1.82) is 0 Å². The summed E-state index contributed by atoms with van der Waals surface area (Å²) in [6.45, 7) is 2.94. The molecule has 0 radical (unpaired) electrons. The van der Waals surface area contributed by atoms with Crippen LogP contribution >= 0.6 is 0 Å². The fourth-order valence-corrected chi connectivity index (χ4v) is 1.54. The van der Waals surface area contributed by atoms with Gasteiger partial charge in [0.05, 0.1) is 25.3 Å². The molecule has 0 spiro atoms. The highest BCUT2D eigenvalue weighted by atomic mass is 16.5. The predicted molar refractivity (Wildman–Crippen MR) is 82.0 cm³/mol. The summed E-state index contributed by atoms with van der Waals surface area (Å²) < 4.78 is 5.10. The highest BCUT2D eigenvalue weighted by molar-refractivity contribution is 5.94. The minimum Gasteiger partial charge on any atom is -0.462 e. The van der Waals surface area contributed by atoms with E-state index in [9.17, 15) is 9.59 Å². The quantitative estimate of drug-likeness (QED) is 0.435. The minimum atomic E-state index is -0.350. The van der Waals surface area contributed by atoms with Crippen LogP contribution in [0.4, 0.5) is 5.69 Å². The fourth-order valence-electron chi connectivity index (χ4n) is 1.54. The van der Waals surface area contributed by atoms with Gasteiger partial charge in [0.2, 0.25) is 5.91 Å². The molecule has 0 bridgehead atoms. The van der Waals surface area contributed by atoms with Crippen LogP contribution in [0.15, 0.2) is 24.3 Å². The molecule has 0 atom stereocenters. The molecule has 2 N–H and O–H groups in total. The maximum absolute atomic E-state index is 11.7. The first kappa shape index (κ1) is 16.7. The van der Waals surface area contributed by atoms with Crippen LogP contribution in [0.3, 0.4) is 0 Å². The van der Waals surface area contributed by atoms with E-state index < -0.39 is 0 Å². The van der Waals surface area contributed by atoms with E-state index >= 15 is 0 Å². The lowest BCUT2D eigenvalue weighted by Crippen LogP contribution is -2.28. The second-order valence-corrected chi connectivity index (χ2v) is 4.42. The second-order valence-electron chi connectivity index (χ2n) is 4.42. The van der Waals surface area contributed by atoms with Crippen molar-refractivity contribution >= 4 is 17.6 Å². The molecule has 0 aliphatic heterocycles. The first-order chi connectivity index (χ1) is 10.2. The predicted octanol–water partition coefficient (Wildman–Crippen LogP) is 1.80. The van der Waals surface area contributed by atoms with Crippen molar-refractivity contribution in [2.45, 2.75) is 19.8 Å². The lowest BCUT2D eigenvalue weighted by molar-refractivity contribution is -0.115. The van der Waals surface area contributed by atoms with Crippen molar-refractivity contribution < 1.29 is 14.3 Å². The van der Waals surface area contributed by atoms with Crippen molar-refractivity contribution in [3.05, 3.63) is 29.8 Å². The van der Waals surface area contributed by atoms with E-state index in [1.807, 2.05) is 6.92 Å². The molecule has 0 aromatic heterocycles. The molecule has 0 saturated heterocycles. The molecule has 0 heterocycles. The number of unbranched alkanes of at least 4 members (excludes halogenated alkanes) is 1. The Kier molecular flexibility index (Phi) is 7.62. The third kappa shape index (κ3) is 6.59. The van der Waals surface area contributed by atoms with Crippen LogP contribution in [-0.2, 0) is 9.53 Å². The van der Waals surface area contributed by atoms with Gasteiger partial charge >= 0.3 is 5.97 Å².